The van der Waals surface area contributed by atoms with Crippen molar-refractivity contribution in [3.8, 4) is 5.88 Å². The summed E-state index contributed by atoms with van der Waals surface area (Å²) in [6.45, 7) is 0. The molecule has 0 saturated carbocycles. The van der Waals surface area contributed by atoms with Gasteiger partial charge in [0.15, 0.2) is 0 Å². The minimum Gasteiger partial charge on any atom is -0.387 e. The summed E-state index contributed by atoms with van der Waals surface area (Å²) < 4.78 is 63.7. The van der Waals surface area contributed by atoms with Crippen molar-refractivity contribution in [1.29, 1.82) is 0 Å². The molecule has 1 aromatic rings. The van der Waals surface area contributed by atoms with E-state index in [0.29, 0.717) is 0 Å². The summed E-state index contributed by atoms with van der Waals surface area (Å²) >= 11 is 5.18. The first-order valence-electron chi connectivity index (χ1n) is 4.00. The van der Waals surface area contributed by atoms with E-state index in [2.05, 4.69) is 9.72 Å². The van der Waals surface area contributed by atoms with E-state index >= 15 is 0 Å². The Kier molecular flexibility index (Phi) is 3.89. The van der Waals surface area contributed by atoms with Crippen molar-refractivity contribution in [2.24, 2.45) is 0 Å². The van der Waals surface area contributed by atoms with Crippen molar-refractivity contribution in [3.05, 3.63) is 26.9 Å². The fourth-order valence-electron chi connectivity index (χ4n) is 0.955. The van der Waals surface area contributed by atoms with Crippen LogP contribution >= 0.6 is 11.6 Å². The number of aromatic nitrogens is 1. The number of hydrogen-bond acceptors (Lipinski definition) is 4. The van der Waals surface area contributed by atoms with Gasteiger partial charge in [-0.1, -0.05) is 11.6 Å². The third-order valence-corrected chi connectivity index (χ3v) is 1.87. The summed E-state index contributed by atoms with van der Waals surface area (Å²) in [7, 11) is 0. The normalized spacial score (nSPS) is 11.7. The summed E-state index contributed by atoms with van der Waals surface area (Å²) in [5, 5.41) is 9.38. The van der Waals surface area contributed by atoms with Gasteiger partial charge < -0.3 is 4.74 Å². The van der Waals surface area contributed by atoms with Crippen molar-refractivity contribution in [3.63, 3.8) is 0 Å². The van der Waals surface area contributed by atoms with Crippen LogP contribution in [0.2, 0.25) is 5.15 Å². The first kappa shape index (κ1) is 14.4. The maximum atomic E-state index is 12.4. The largest absolute Gasteiger partial charge is 0.574 e. The van der Waals surface area contributed by atoms with E-state index < -0.39 is 40.0 Å². The molecule has 0 spiro atoms. The lowest BCUT2D eigenvalue weighted by atomic mass is 10.2. The summed E-state index contributed by atoms with van der Waals surface area (Å²) in [5.41, 5.74) is -2.41. The quantitative estimate of drug-likeness (QED) is 0.370. The van der Waals surface area contributed by atoms with Crippen LogP contribution in [0.25, 0.3) is 0 Å². The van der Waals surface area contributed by atoms with Crippen molar-refractivity contribution in [2.45, 2.75) is 12.8 Å². The van der Waals surface area contributed by atoms with Gasteiger partial charge in [-0.3, -0.25) is 10.1 Å². The van der Waals surface area contributed by atoms with Crippen LogP contribution < -0.4 is 4.74 Å². The Balaban J connectivity index is 3.34. The van der Waals surface area contributed by atoms with Crippen molar-refractivity contribution < 1.29 is 31.6 Å². The van der Waals surface area contributed by atoms with Gasteiger partial charge in [0.25, 0.3) is 6.43 Å². The van der Waals surface area contributed by atoms with E-state index in [1.54, 1.807) is 0 Å². The Bertz CT molecular complexity index is 479. The number of hydrogen-bond donors (Lipinski definition) is 0. The van der Waals surface area contributed by atoms with Gasteiger partial charge in [0, 0.05) is 6.07 Å². The van der Waals surface area contributed by atoms with Gasteiger partial charge in [-0.2, -0.15) is 4.98 Å². The zero-order valence-corrected chi connectivity index (χ0v) is 8.80. The number of rotatable bonds is 3. The molecule has 0 fully saturated rings. The highest BCUT2D eigenvalue weighted by molar-refractivity contribution is 6.31. The lowest BCUT2D eigenvalue weighted by Gasteiger charge is -2.11. The fourth-order valence-corrected chi connectivity index (χ4v) is 1.16. The molecule has 1 aromatic heterocycles. The molecule has 0 aromatic carbocycles. The predicted octanol–water partition coefficient (Wildman–Crippen LogP) is 3.48. The molecular weight excluding hydrogens is 291 g/mol. The summed E-state index contributed by atoms with van der Waals surface area (Å²) in [6.07, 6.45) is -8.71. The van der Waals surface area contributed by atoms with E-state index in [9.17, 15) is 32.1 Å². The molecule has 0 unspecified atom stereocenters. The molecule has 0 aliphatic rings. The molecule has 1 heterocycles. The first-order valence-corrected chi connectivity index (χ1v) is 4.38. The van der Waals surface area contributed by atoms with Crippen LogP contribution in [0.3, 0.4) is 0 Å². The summed E-state index contributed by atoms with van der Waals surface area (Å²) in [5.74, 6) is -1.52. The Hall–Kier alpha value is -1.71. The highest BCUT2D eigenvalue weighted by Gasteiger charge is 2.35. The second kappa shape index (κ2) is 4.88. The number of nitro groups is 1. The highest BCUT2D eigenvalue weighted by atomic mass is 35.5. The molecule has 0 atom stereocenters. The van der Waals surface area contributed by atoms with Gasteiger partial charge in [0.1, 0.15) is 0 Å². The molecule has 18 heavy (non-hydrogen) atoms. The molecule has 0 aliphatic carbocycles. The van der Waals surface area contributed by atoms with Crippen LogP contribution in [0.5, 0.6) is 5.88 Å². The van der Waals surface area contributed by atoms with Crippen LogP contribution in [-0.4, -0.2) is 16.3 Å². The standard InChI is InChI=1S/C7H2ClF5N2O3/c8-4-3(15(16)17)1-2(5(9)10)6(14-4)18-7(11,12)13/h1,5H. The zero-order chi connectivity index (χ0) is 14.1. The third kappa shape index (κ3) is 3.39. The van der Waals surface area contributed by atoms with Gasteiger partial charge in [-0.05, 0) is 0 Å². The number of alkyl halides is 5. The molecule has 1 rings (SSSR count). The molecule has 0 amide bonds. The number of nitrogens with zero attached hydrogens (tertiary/aromatic N) is 2. The van der Waals surface area contributed by atoms with Crippen LogP contribution in [0.15, 0.2) is 6.07 Å². The average molecular weight is 293 g/mol. The smallest absolute Gasteiger partial charge is 0.387 e. The predicted molar refractivity (Wildman–Crippen MR) is 47.5 cm³/mol. The molecule has 0 aliphatic heterocycles. The molecule has 0 saturated heterocycles. The molecule has 0 bridgehead atoms. The van der Waals surface area contributed by atoms with Crippen molar-refractivity contribution in [2.75, 3.05) is 0 Å². The van der Waals surface area contributed by atoms with Gasteiger partial charge in [0.2, 0.25) is 11.0 Å². The first-order chi connectivity index (χ1) is 8.11. The van der Waals surface area contributed by atoms with E-state index in [0.717, 1.165) is 0 Å². The lowest BCUT2D eigenvalue weighted by Crippen LogP contribution is -2.19. The zero-order valence-electron chi connectivity index (χ0n) is 8.04. The Morgan fingerprint density at radius 1 is 1.44 bits per heavy atom. The number of ether oxygens (including phenoxy) is 1. The minimum atomic E-state index is -5.27. The van der Waals surface area contributed by atoms with Gasteiger partial charge in [-0.15, -0.1) is 13.2 Å². The van der Waals surface area contributed by atoms with E-state index in [1.165, 1.54) is 0 Å². The van der Waals surface area contributed by atoms with E-state index in [-0.39, 0.29) is 6.07 Å². The number of halogens is 6. The average Bonchev–Trinajstić information content (AvgIpc) is 2.13. The maximum absolute atomic E-state index is 12.4. The van der Waals surface area contributed by atoms with Crippen LogP contribution in [-0.2, 0) is 0 Å². The molecular formula is C7H2ClF5N2O3. The van der Waals surface area contributed by atoms with Crippen LogP contribution in [0.1, 0.15) is 12.0 Å². The molecule has 0 N–H and O–H groups in total. The second-order valence-corrected chi connectivity index (χ2v) is 3.16. The van der Waals surface area contributed by atoms with Gasteiger partial charge >= 0.3 is 12.0 Å². The van der Waals surface area contributed by atoms with Crippen molar-refractivity contribution in [1.82, 2.24) is 4.98 Å². The minimum absolute atomic E-state index is 0.182. The third-order valence-electron chi connectivity index (χ3n) is 1.59. The monoisotopic (exact) mass is 292 g/mol. The van der Waals surface area contributed by atoms with Crippen LogP contribution in [0, 0.1) is 10.1 Å². The maximum Gasteiger partial charge on any atom is 0.574 e. The molecule has 5 nitrogen and oxygen atoms in total. The summed E-state index contributed by atoms with van der Waals surface area (Å²) in [4.78, 5) is 12.0. The Morgan fingerprint density at radius 3 is 2.39 bits per heavy atom. The van der Waals surface area contributed by atoms with Gasteiger partial charge in [-0.25, -0.2) is 8.78 Å². The topological polar surface area (TPSA) is 65.3 Å². The Labute approximate surface area is 100 Å². The van der Waals surface area contributed by atoms with E-state index in [4.69, 9.17) is 11.6 Å². The highest BCUT2D eigenvalue weighted by Crippen LogP contribution is 2.36. The molecule has 11 heteroatoms. The van der Waals surface area contributed by atoms with E-state index in [1.807, 2.05) is 0 Å². The second-order valence-electron chi connectivity index (χ2n) is 2.80. The molecule has 100 valence electrons. The lowest BCUT2D eigenvalue weighted by molar-refractivity contribution is -0.385. The SMILES string of the molecule is O=[N+]([O-])c1cc(C(F)F)c(OC(F)(F)F)nc1Cl. The fraction of sp³-hybridized carbons (Fsp3) is 0.286. The Morgan fingerprint density at radius 2 is 2.00 bits per heavy atom. The molecule has 0 radical (unpaired) electrons. The summed E-state index contributed by atoms with van der Waals surface area (Å²) in [6, 6.07) is 0.182. The van der Waals surface area contributed by atoms with Crippen molar-refractivity contribution >= 4 is 17.3 Å². The van der Waals surface area contributed by atoms with Crippen LogP contribution in [0.4, 0.5) is 27.6 Å². The number of pyridine rings is 1. The van der Waals surface area contributed by atoms with Gasteiger partial charge in [0.05, 0.1) is 10.5 Å².